The average Bonchev–Trinajstić information content (AvgIpc) is 2.12. The van der Waals surface area contributed by atoms with E-state index in [-0.39, 0.29) is 6.04 Å². The second-order valence-electron chi connectivity index (χ2n) is 3.65. The van der Waals surface area contributed by atoms with Crippen LogP contribution in [0.25, 0.3) is 0 Å². The van der Waals surface area contributed by atoms with Crippen molar-refractivity contribution >= 4 is 17.7 Å². The zero-order chi connectivity index (χ0) is 11.0. The number of rotatable bonds is 8. The van der Waals surface area contributed by atoms with Crippen molar-refractivity contribution in [3.05, 3.63) is 0 Å². The Kier molecular flexibility index (Phi) is 7.99. The van der Waals surface area contributed by atoms with Gasteiger partial charge in [-0.15, -0.1) is 0 Å². The van der Waals surface area contributed by atoms with E-state index < -0.39 is 5.97 Å². The van der Waals surface area contributed by atoms with Crippen LogP contribution in [0, 0.1) is 5.92 Å². The molecule has 2 atom stereocenters. The summed E-state index contributed by atoms with van der Waals surface area (Å²) in [5.41, 5.74) is 0. The Labute approximate surface area is 90.7 Å². The molecular formula is C10H21NO2S. The third-order valence-corrected chi connectivity index (χ3v) is 2.94. The fourth-order valence-electron chi connectivity index (χ4n) is 1.29. The first-order valence-electron chi connectivity index (χ1n) is 5.06. The van der Waals surface area contributed by atoms with E-state index in [4.69, 9.17) is 5.11 Å². The molecule has 2 N–H and O–H groups in total. The molecule has 0 aromatic carbocycles. The SMILES string of the molecule is CCCC(NCC(C)CSC)C(=O)O. The van der Waals surface area contributed by atoms with Crippen LogP contribution < -0.4 is 5.32 Å². The van der Waals surface area contributed by atoms with Gasteiger partial charge >= 0.3 is 5.97 Å². The van der Waals surface area contributed by atoms with Gasteiger partial charge in [0.25, 0.3) is 0 Å². The van der Waals surface area contributed by atoms with Crippen molar-refractivity contribution in [1.29, 1.82) is 0 Å². The molecule has 0 radical (unpaired) electrons. The summed E-state index contributed by atoms with van der Waals surface area (Å²) in [7, 11) is 0. The first-order valence-corrected chi connectivity index (χ1v) is 6.46. The van der Waals surface area contributed by atoms with Crippen LogP contribution in [0.4, 0.5) is 0 Å². The van der Waals surface area contributed by atoms with E-state index in [0.29, 0.717) is 12.3 Å². The van der Waals surface area contributed by atoms with Gasteiger partial charge in [0.05, 0.1) is 0 Å². The lowest BCUT2D eigenvalue weighted by Crippen LogP contribution is -2.39. The second-order valence-corrected chi connectivity index (χ2v) is 4.56. The quantitative estimate of drug-likeness (QED) is 0.654. The minimum atomic E-state index is -0.733. The van der Waals surface area contributed by atoms with E-state index in [9.17, 15) is 4.79 Å². The van der Waals surface area contributed by atoms with Crippen LogP contribution in [0.5, 0.6) is 0 Å². The zero-order valence-corrected chi connectivity index (χ0v) is 10.1. The van der Waals surface area contributed by atoms with Crippen molar-refractivity contribution in [1.82, 2.24) is 5.32 Å². The standard InChI is InChI=1S/C10H21NO2S/c1-4-5-9(10(12)13)11-6-8(2)7-14-3/h8-9,11H,4-7H2,1-3H3,(H,12,13). The molecule has 4 heteroatoms. The van der Waals surface area contributed by atoms with Crippen LogP contribution in [-0.4, -0.2) is 35.7 Å². The van der Waals surface area contributed by atoms with Crippen molar-refractivity contribution in [2.75, 3.05) is 18.6 Å². The van der Waals surface area contributed by atoms with Gasteiger partial charge in [0, 0.05) is 0 Å². The van der Waals surface area contributed by atoms with Gasteiger partial charge in [-0.3, -0.25) is 4.79 Å². The topological polar surface area (TPSA) is 49.3 Å². The minimum Gasteiger partial charge on any atom is -0.480 e. The largest absolute Gasteiger partial charge is 0.480 e. The monoisotopic (exact) mass is 219 g/mol. The van der Waals surface area contributed by atoms with Gasteiger partial charge in [-0.2, -0.15) is 11.8 Å². The van der Waals surface area contributed by atoms with Gasteiger partial charge in [-0.05, 0) is 30.9 Å². The van der Waals surface area contributed by atoms with E-state index in [1.165, 1.54) is 0 Å². The van der Waals surface area contributed by atoms with E-state index in [1.807, 2.05) is 6.92 Å². The number of carboxylic acids is 1. The Hall–Kier alpha value is -0.220. The smallest absolute Gasteiger partial charge is 0.320 e. The van der Waals surface area contributed by atoms with Crippen molar-refractivity contribution in [2.24, 2.45) is 5.92 Å². The van der Waals surface area contributed by atoms with Gasteiger partial charge in [0.15, 0.2) is 0 Å². The Balaban J connectivity index is 3.75. The Morgan fingerprint density at radius 1 is 1.57 bits per heavy atom. The molecule has 0 aromatic heterocycles. The maximum Gasteiger partial charge on any atom is 0.320 e. The van der Waals surface area contributed by atoms with Crippen LogP contribution in [-0.2, 0) is 4.79 Å². The third kappa shape index (κ3) is 6.27. The molecule has 84 valence electrons. The highest BCUT2D eigenvalue weighted by atomic mass is 32.2. The highest BCUT2D eigenvalue weighted by molar-refractivity contribution is 7.98. The molecule has 0 spiro atoms. The second kappa shape index (κ2) is 8.12. The summed E-state index contributed by atoms with van der Waals surface area (Å²) in [6, 6.07) is -0.371. The summed E-state index contributed by atoms with van der Waals surface area (Å²) in [5, 5.41) is 12.0. The summed E-state index contributed by atoms with van der Waals surface area (Å²) < 4.78 is 0. The number of thioether (sulfide) groups is 1. The number of nitrogens with one attached hydrogen (secondary N) is 1. The van der Waals surface area contributed by atoms with Crippen LogP contribution >= 0.6 is 11.8 Å². The normalized spacial score (nSPS) is 15.1. The maximum atomic E-state index is 10.8. The van der Waals surface area contributed by atoms with Crippen molar-refractivity contribution in [2.45, 2.75) is 32.7 Å². The molecule has 0 rings (SSSR count). The minimum absolute atomic E-state index is 0.371. The molecule has 0 amide bonds. The lowest BCUT2D eigenvalue weighted by atomic mass is 10.1. The average molecular weight is 219 g/mol. The number of carboxylic acid groups (broad SMARTS) is 1. The predicted octanol–water partition coefficient (Wildman–Crippen LogP) is 1.83. The molecule has 14 heavy (non-hydrogen) atoms. The highest BCUT2D eigenvalue weighted by Gasteiger charge is 2.15. The van der Waals surface area contributed by atoms with Crippen LogP contribution in [0.15, 0.2) is 0 Å². The van der Waals surface area contributed by atoms with Gasteiger partial charge < -0.3 is 10.4 Å². The Morgan fingerprint density at radius 3 is 2.64 bits per heavy atom. The summed E-state index contributed by atoms with van der Waals surface area (Å²) in [5.74, 6) is 0.873. The summed E-state index contributed by atoms with van der Waals surface area (Å²) in [6.45, 7) is 4.93. The maximum absolute atomic E-state index is 10.8. The van der Waals surface area contributed by atoms with Crippen LogP contribution in [0.2, 0.25) is 0 Å². The third-order valence-electron chi connectivity index (χ3n) is 2.04. The molecule has 0 heterocycles. The lowest BCUT2D eigenvalue weighted by Gasteiger charge is -2.16. The van der Waals surface area contributed by atoms with E-state index in [2.05, 4.69) is 18.5 Å². The Morgan fingerprint density at radius 2 is 2.21 bits per heavy atom. The summed E-state index contributed by atoms with van der Waals surface area (Å²) in [4.78, 5) is 10.8. The molecule has 0 aromatic rings. The van der Waals surface area contributed by atoms with Gasteiger partial charge in [-0.25, -0.2) is 0 Å². The predicted molar refractivity (Wildman–Crippen MR) is 61.9 cm³/mol. The molecule has 3 nitrogen and oxygen atoms in total. The molecule has 0 aliphatic heterocycles. The Bertz CT molecular complexity index is 164. The molecule has 0 saturated heterocycles. The molecule has 2 unspecified atom stereocenters. The van der Waals surface area contributed by atoms with E-state index in [0.717, 1.165) is 18.7 Å². The summed E-state index contributed by atoms with van der Waals surface area (Å²) >= 11 is 1.80. The summed E-state index contributed by atoms with van der Waals surface area (Å²) in [6.07, 6.45) is 3.68. The number of hydrogen-bond donors (Lipinski definition) is 2. The molecule has 0 fully saturated rings. The first-order chi connectivity index (χ1) is 6.61. The van der Waals surface area contributed by atoms with Crippen molar-refractivity contribution < 1.29 is 9.90 Å². The molecule has 0 aliphatic carbocycles. The molecule has 0 saturated carbocycles. The van der Waals surface area contributed by atoms with Gasteiger partial charge in [0.1, 0.15) is 6.04 Å². The number of aliphatic carboxylic acids is 1. The van der Waals surface area contributed by atoms with E-state index in [1.54, 1.807) is 11.8 Å². The number of hydrogen-bond acceptors (Lipinski definition) is 3. The molecular weight excluding hydrogens is 198 g/mol. The van der Waals surface area contributed by atoms with Crippen LogP contribution in [0.3, 0.4) is 0 Å². The van der Waals surface area contributed by atoms with Gasteiger partial charge in [0.2, 0.25) is 0 Å². The fourth-order valence-corrected chi connectivity index (χ4v) is 1.98. The van der Waals surface area contributed by atoms with E-state index >= 15 is 0 Å². The lowest BCUT2D eigenvalue weighted by molar-refractivity contribution is -0.139. The van der Waals surface area contributed by atoms with Crippen molar-refractivity contribution in [3.63, 3.8) is 0 Å². The zero-order valence-electron chi connectivity index (χ0n) is 9.25. The molecule has 0 aliphatic rings. The number of carbonyl (C=O) groups is 1. The molecule has 0 bridgehead atoms. The van der Waals surface area contributed by atoms with Crippen molar-refractivity contribution in [3.8, 4) is 0 Å². The first kappa shape index (κ1) is 13.8. The fraction of sp³-hybridized carbons (Fsp3) is 0.900. The van der Waals surface area contributed by atoms with Crippen LogP contribution in [0.1, 0.15) is 26.7 Å². The highest BCUT2D eigenvalue weighted by Crippen LogP contribution is 2.04. The van der Waals surface area contributed by atoms with Gasteiger partial charge in [-0.1, -0.05) is 20.3 Å².